The van der Waals surface area contributed by atoms with E-state index in [1.165, 1.54) is 11.6 Å². The van der Waals surface area contributed by atoms with Gasteiger partial charge in [-0.3, -0.25) is 4.90 Å². The molecule has 1 atom stereocenters. The summed E-state index contributed by atoms with van der Waals surface area (Å²) >= 11 is 3.66. The Balaban J connectivity index is 2.03. The van der Waals surface area contributed by atoms with Gasteiger partial charge in [-0.2, -0.15) is 0 Å². The van der Waals surface area contributed by atoms with Crippen molar-refractivity contribution < 1.29 is 4.39 Å². The largest absolute Gasteiger partial charge is 0.315 e. The highest BCUT2D eigenvalue weighted by atomic mass is 79.9. The summed E-state index contributed by atoms with van der Waals surface area (Å²) in [6, 6.07) is 15.3. The highest BCUT2D eigenvalue weighted by Crippen LogP contribution is 2.34. The van der Waals surface area contributed by atoms with E-state index in [1.807, 2.05) is 18.2 Å². The lowest BCUT2D eigenvalue weighted by atomic mass is 9.96. The minimum Gasteiger partial charge on any atom is -0.315 e. The summed E-state index contributed by atoms with van der Waals surface area (Å²) in [7, 11) is 0. The molecule has 0 saturated carbocycles. The molecule has 1 aliphatic rings. The van der Waals surface area contributed by atoms with E-state index in [-0.39, 0.29) is 11.9 Å². The molecule has 116 valence electrons. The molecule has 1 fully saturated rings. The molecule has 2 nitrogen and oxygen atoms in total. The average Bonchev–Trinajstić information content (AvgIpc) is 2.79. The van der Waals surface area contributed by atoms with Crippen LogP contribution in [-0.4, -0.2) is 31.1 Å². The predicted molar refractivity (Wildman–Crippen MR) is 91.4 cm³/mol. The van der Waals surface area contributed by atoms with Crippen LogP contribution in [0.1, 0.15) is 23.6 Å². The third-order valence-corrected chi connectivity index (χ3v) is 4.83. The van der Waals surface area contributed by atoms with Crippen LogP contribution in [-0.2, 0) is 0 Å². The van der Waals surface area contributed by atoms with Crippen molar-refractivity contribution in [2.45, 2.75) is 12.5 Å². The molecule has 2 aromatic rings. The fourth-order valence-electron chi connectivity index (χ4n) is 3.09. The molecule has 1 heterocycles. The summed E-state index contributed by atoms with van der Waals surface area (Å²) in [5.41, 5.74) is 2.20. The van der Waals surface area contributed by atoms with E-state index >= 15 is 0 Å². The first-order valence-corrected chi connectivity index (χ1v) is 8.49. The molecule has 0 spiro atoms. The second-order valence-corrected chi connectivity index (χ2v) is 6.47. The van der Waals surface area contributed by atoms with Gasteiger partial charge < -0.3 is 5.32 Å². The first-order chi connectivity index (χ1) is 10.8. The van der Waals surface area contributed by atoms with Gasteiger partial charge in [-0.05, 0) is 42.3 Å². The standard InChI is InChI=1S/C18H20BrFN2/c19-17-8-2-1-7-16(17)18(14-5-3-6-15(20)13-14)22-11-4-9-21-10-12-22/h1-3,5-8,13,18,21H,4,9-12H2. The van der Waals surface area contributed by atoms with Gasteiger partial charge in [0, 0.05) is 24.1 Å². The minimum atomic E-state index is -0.178. The van der Waals surface area contributed by atoms with Crippen LogP contribution in [0.15, 0.2) is 53.0 Å². The fourth-order valence-corrected chi connectivity index (χ4v) is 3.59. The Morgan fingerprint density at radius 3 is 2.73 bits per heavy atom. The van der Waals surface area contributed by atoms with Gasteiger partial charge in [0.15, 0.2) is 0 Å². The summed E-state index contributed by atoms with van der Waals surface area (Å²) in [4.78, 5) is 2.44. The zero-order chi connectivity index (χ0) is 15.4. The smallest absolute Gasteiger partial charge is 0.123 e. The van der Waals surface area contributed by atoms with E-state index in [1.54, 1.807) is 12.1 Å². The molecule has 3 rings (SSSR count). The van der Waals surface area contributed by atoms with Crippen molar-refractivity contribution >= 4 is 15.9 Å². The Morgan fingerprint density at radius 1 is 1.05 bits per heavy atom. The second-order valence-electron chi connectivity index (χ2n) is 5.62. The van der Waals surface area contributed by atoms with E-state index in [0.29, 0.717) is 0 Å². The van der Waals surface area contributed by atoms with Crippen LogP contribution in [0, 0.1) is 5.82 Å². The van der Waals surface area contributed by atoms with Gasteiger partial charge in [-0.15, -0.1) is 0 Å². The van der Waals surface area contributed by atoms with Crippen LogP contribution >= 0.6 is 15.9 Å². The number of rotatable bonds is 3. The van der Waals surface area contributed by atoms with Gasteiger partial charge in [0.2, 0.25) is 0 Å². The third kappa shape index (κ3) is 3.57. The molecule has 4 heteroatoms. The maximum atomic E-state index is 13.7. The zero-order valence-electron chi connectivity index (χ0n) is 12.4. The SMILES string of the molecule is Fc1cccc(C(c2ccccc2Br)N2CCCNCC2)c1. The molecule has 0 radical (unpaired) electrons. The quantitative estimate of drug-likeness (QED) is 0.888. The molecular weight excluding hydrogens is 343 g/mol. The highest BCUT2D eigenvalue weighted by molar-refractivity contribution is 9.10. The number of benzene rings is 2. The van der Waals surface area contributed by atoms with Crippen LogP contribution in [0.2, 0.25) is 0 Å². The van der Waals surface area contributed by atoms with E-state index in [9.17, 15) is 4.39 Å². The number of halogens is 2. The van der Waals surface area contributed by atoms with Crippen molar-refractivity contribution in [2.75, 3.05) is 26.2 Å². The van der Waals surface area contributed by atoms with E-state index in [0.717, 1.165) is 42.6 Å². The summed E-state index contributed by atoms with van der Waals surface area (Å²) in [6.07, 6.45) is 1.11. The van der Waals surface area contributed by atoms with Gasteiger partial charge in [-0.1, -0.05) is 46.3 Å². The Hall–Kier alpha value is -1.23. The van der Waals surface area contributed by atoms with Crippen LogP contribution in [0.25, 0.3) is 0 Å². The third-order valence-electron chi connectivity index (χ3n) is 4.10. The summed E-state index contributed by atoms with van der Waals surface area (Å²) in [6.45, 7) is 3.98. The van der Waals surface area contributed by atoms with Crippen molar-refractivity contribution in [1.29, 1.82) is 0 Å². The number of nitrogens with zero attached hydrogens (tertiary/aromatic N) is 1. The molecule has 0 bridgehead atoms. The molecular formula is C18H20BrFN2. The molecule has 1 aliphatic heterocycles. The van der Waals surface area contributed by atoms with Gasteiger partial charge in [-0.25, -0.2) is 4.39 Å². The second kappa shape index (κ2) is 7.36. The van der Waals surface area contributed by atoms with E-state index in [4.69, 9.17) is 0 Å². The van der Waals surface area contributed by atoms with E-state index < -0.39 is 0 Å². The lowest BCUT2D eigenvalue weighted by Crippen LogP contribution is -2.33. The lowest BCUT2D eigenvalue weighted by Gasteiger charge is -2.32. The Bertz CT molecular complexity index is 624. The number of hydrogen-bond acceptors (Lipinski definition) is 2. The highest BCUT2D eigenvalue weighted by Gasteiger charge is 2.25. The van der Waals surface area contributed by atoms with Crippen LogP contribution in [0.4, 0.5) is 4.39 Å². The molecule has 1 unspecified atom stereocenters. The Labute approximate surface area is 139 Å². The van der Waals surface area contributed by atoms with Crippen molar-refractivity contribution in [3.8, 4) is 0 Å². The Morgan fingerprint density at radius 2 is 1.91 bits per heavy atom. The summed E-state index contributed by atoms with van der Waals surface area (Å²) in [5, 5.41) is 3.43. The summed E-state index contributed by atoms with van der Waals surface area (Å²) in [5.74, 6) is -0.178. The van der Waals surface area contributed by atoms with Gasteiger partial charge in [0.05, 0.1) is 6.04 Å². The molecule has 22 heavy (non-hydrogen) atoms. The normalized spacial score (nSPS) is 17.9. The Kier molecular flexibility index (Phi) is 5.24. The van der Waals surface area contributed by atoms with Crippen molar-refractivity contribution in [1.82, 2.24) is 10.2 Å². The van der Waals surface area contributed by atoms with Crippen molar-refractivity contribution in [3.63, 3.8) is 0 Å². The number of hydrogen-bond donors (Lipinski definition) is 1. The van der Waals surface area contributed by atoms with E-state index in [2.05, 4.69) is 38.3 Å². The minimum absolute atomic E-state index is 0.0752. The van der Waals surface area contributed by atoms with Gasteiger partial charge in [0.1, 0.15) is 5.82 Å². The molecule has 2 aromatic carbocycles. The molecule has 0 amide bonds. The first kappa shape index (κ1) is 15.7. The molecule has 1 saturated heterocycles. The molecule has 0 aromatic heterocycles. The van der Waals surface area contributed by atoms with Gasteiger partial charge in [0.25, 0.3) is 0 Å². The predicted octanol–water partition coefficient (Wildman–Crippen LogP) is 3.97. The van der Waals surface area contributed by atoms with Gasteiger partial charge >= 0.3 is 0 Å². The van der Waals surface area contributed by atoms with Crippen LogP contribution in [0.5, 0.6) is 0 Å². The fraction of sp³-hybridized carbons (Fsp3) is 0.333. The maximum absolute atomic E-state index is 13.7. The van der Waals surface area contributed by atoms with Crippen molar-refractivity contribution in [3.05, 3.63) is 69.9 Å². The van der Waals surface area contributed by atoms with Crippen LogP contribution < -0.4 is 5.32 Å². The maximum Gasteiger partial charge on any atom is 0.123 e. The topological polar surface area (TPSA) is 15.3 Å². The number of nitrogens with one attached hydrogen (secondary N) is 1. The first-order valence-electron chi connectivity index (χ1n) is 7.70. The molecule has 1 N–H and O–H groups in total. The lowest BCUT2D eigenvalue weighted by molar-refractivity contribution is 0.240. The van der Waals surface area contributed by atoms with Crippen LogP contribution in [0.3, 0.4) is 0 Å². The average molecular weight is 363 g/mol. The summed E-state index contributed by atoms with van der Waals surface area (Å²) < 4.78 is 14.8. The molecule has 0 aliphatic carbocycles. The zero-order valence-corrected chi connectivity index (χ0v) is 14.0. The van der Waals surface area contributed by atoms with Crippen molar-refractivity contribution in [2.24, 2.45) is 0 Å². The monoisotopic (exact) mass is 362 g/mol.